The van der Waals surface area contributed by atoms with Gasteiger partial charge in [-0.1, -0.05) is 43.1 Å². The molecule has 2 aromatic carbocycles. The zero-order valence-corrected chi connectivity index (χ0v) is 16.0. The maximum Gasteiger partial charge on any atom is 0.270 e. The lowest BCUT2D eigenvalue weighted by atomic mass is 9.95. The first-order valence-electron chi connectivity index (χ1n) is 9.13. The van der Waals surface area contributed by atoms with Crippen molar-refractivity contribution in [3.63, 3.8) is 0 Å². The Morgan fingerprint density at radius 3 is 2.58 bits per heavy atom. The topological polar surface area (TPSA) is 41.6 Å². The number of benzene rings is 2. The molecule has 2 aromatic rings. The molecule has 1 heterocycles. The lowest BCUT2D eigenvalue weighted by Gasteiger charge is -2.47. The van der Waals surface area contributed by atoms with E-state index in [9.17, 15) is 4.79 Å². The van der Waals surface area contributed by atoms with Gasteiger partial charge in [-0.15, -0.1) is 0 Å². The second-order valence-corrected chi connectivity index (χ2v) is 7.05. The summed E-state index contributed by atoms with van der Waals surface area (Å²) in [5.74, 6) is 0.660. The van der Waals surface area contributed by atoms with Crippen LogP contribution in [0.25, 0.3) is 0 Å². The SMILES string of the molecule is CCCCNC[C@H]1[C@@H](Oc2ccc(Cl)cc2)C(=O)N1c1ccccc1C. The highest BCUT2D eigenvalue weighted by Crippen LogP contribution is 2.33. The van der Waals surface area contributed by atoms with E-state index in [1.54, 1.807) is 24.3 Å². The fourth-order valence-electron chi connectivity index (χ4n) is 3.19. The van der Waals surface area contributed by atoms with E-state index in [0.717, 1.165) is 30.6 Å². The lowest BCUT2D eigenvalue weighted by Crippen LogP contribution is -2.70. The average molecular weight is 373 g/mol. The van der Waals surface area contributed by atoms with Crippen LogP contribution in [0, 0.1) is 6.92 Å². The van der Waals surface area contributed by atoms with Crippen molar-refractivity contribution < 1.29 is 9.53 Å². The summed E-state index contributed by atoms with van der Waals surface area (Å²) in [6.07, 6.45) is 1.78. The van der Waals surface area contributed by atoms with Crippen LogP contribution in [-0.4, -0.2) is 31.1 Å². The van der Waals surface area contributed by atoms with Crippen LogP contribution in [0.4, 0.5) is 5.69 Å². The third-order valence-electron chi connectivity index (χ3n) is 4.67. The number of halogens is 1. The van der Waals surface area contributed by atoms with Crippen LogP contribution in [0.1, 0.15) is 25.3 Å². The zero-order chi connectivity index (χ0) is 18.5. The Morgan fingerprint density at radius 1 is 1.15 bits per heavy atom. The summed E-state index contributed by atoms with van der Waals surface area (Å²) in [6, 6.07) is 15.1. The van der Waals surface area contributed by atoms with Gasteiger partial charge in [0.1, 0.15) is 5.75 Å². The van der Waals surface area contributed by atoms with Gasteiger partial charge in [0.15, 0.2) is 6.10 Å². The third kappa shape index (κ3) is 4.02. The fourth-order valence-corrected chi connectivity index (χ4v) is 3.31. The van der Waals surface area contributed by atoms with Crippen LogP contribution in [0.3, 0.4) is 0 Å². The van der Waals surface area contributed by atoms with E-state index in [4.69, 9.17) is 16.3 Å². The van der Waals surface area contributed by atoms with Crippen molar-refractivity contribution in [2.45, 2.75) is 38.8 Å². The normalized spacial score (nSPS) is 19.3. The number of anilines is 1. The number of carbonyl (C=O) groups excluding carboxylic acids is 1. The summed E-state index contributed by atoms with van der Waals surface area (Å²) >= 11 is 5.93. The minimum atomic E-state index is -0.482. The summed E-state index contributed by atoms with van der Waals surface area (Å²) in [5, 5.41) is 4.11. The molecule has 4 nitrogen and oxygen atoms in total. The molecule has 0 aliphatic carbocycles. The molecule has 1 amide bonds. The molecule has 138 valence electrons. The molecule has 0 saturated carbocycles. The monoisotopic (exact) mass is 372 g/mol. The van der Waals surface area contributed by atoms with E-state index in [-0.39, 0.29) is 11.9 Å². The zero-order valence-electron chi connectivity index (χ0n) is 15.2. The van der Waals surface area contributed by atoms with Crippen LogP contribution in [0.15, 0.2) is 48.5 Å². The van der Waals surface area contributed by atoms with E-state index in [1.807, 2.05) is 36.1 Å². The van der Waals surface area contributed by atoms with Gasteiger partial charge in [-0.05, 0) is 55.8 Å². The van der Waals surface area contributed by atoms with Gasteiger partial charge in [-0.3, -0.25) is 4.79 Å². The minimum absolute atomic E-state index is 0.00320. The van der Waals surface area contributed by atoms with E-state index < -0.39 is 6.10 Å². The summed E-state index contributed by atoms with van der Waals surface area (Å²) in [7, 11) is 0. The lowest BCUT2D eigenvalue weighted by molar-refractivity contribution is -0.134. The number of hydrogen-bond acceptors (Lipinski definition) is 3. The van der Waals surface area contributed by atoms with E-state index in [0.29, 0.717) is 17.3 Å². The molecule has 2 atom stereocenters. The Labute approximate surface area is 160 Å². The van der Waals surface area contributed by atoms with Crippen molar-refractivity contribution in [3.05, 3.63) is 59.1 Å². The number of hydrogen-bond donors (Lipinski definition) is 1. The molecule has 0 unspecified atom stereocenters. The van der Waals surface area contributed by atoms with Gasteiger partial charge in [0.2, 0.25) is 0 Å². The highest BCUT2D eigenvalue weighted by Gasteiger charge is 2.50. The van der Waals surface area contributed by atoms with E-state index in [2.05, 4.69) is 12.2 Å². The predicted molar refractivity (Wildman–Crippen MR) is 106 cm³/mol. The number of para-hydroxylation sites is 1. The average Bonchev–Trinajstić information content (AvgIpc) is 2.65. The van der Waals surface area contributed by atoms with E-state index >= 15 is 0 Å². The molecule has 0 radical (unpaired) electrons. The summed E-state index contributed by atoms with van der Waals surface area (Å²) in [6.45, 7) is 5.84. The van der Waals surface area contributed by atoms with Crippen molar-refractivity contribution in [1.82, 2.24) is 5.32 Å². The van der Waals surface area contributed by atoms with Gasteiger partial charge in [0.25, 0.3) is 5.91 Å². The quantitative estimate of drug-likeness (QED) is 0.557. The number of nitrogens with one attached hydrogen (secondary N) is 1. The number of unbranched alkanes of at least 4 members (excludes halogenated alkanes) is 1. The fraction of sp³-hybridized carbons (Fsp3) is 0.381. The summed E-state index contributed by atoms with van der Waals surface area (Å²) < 4.78 is 5.99. The molecule has 0 aromatic heterocycles. The molecule has 1 N–H and O–H groups in total. The Balaban J connectivity index is 1.76. The molecule has 1 aliphatic heterocycles. The standard InChI is InChI=1S/C21H25ClN2O2/c1-3-4-13-23-14-19-20(26-17-11-9-16(22)10-12-17)21(25)24(19)18-8-6-5-7-15(18)2/h5-12,19-20,23H,3-4,13-14H2,1-2H3/t19-,20+/m0/s1. The molecule has 5 heteroatoms. The summed E-state index contributed by atoms with van der Waals surface area (Å²) in [5.41, 5.74) is 2.04. The van der Waals surface area contributed by atoms with Crippen molar-refractivity contribution in [1.29, 1.82) is 0 Å². The number of amides is 1. The molecule has 1 saturated heterocycles. The van der Waals surface area contributed by atoms with E-state index in [1.165, 1.54) is 0 Å². The maximum atomic E-state index is 12.8. The molecule has 26 heavy (non-hydrogen) atoms. The summed E-state index contributed by atoms with van der Waals surface area (Å²) in [4.78, 5) is 14.7. The molecular weight excluding hydrogens is 348 g/mol. The first-order chi connectivity index (χ1) is 12.6. The molecule has 1 aliphatic rings. The van der Waals surface area contributed by atoms with Crippen molar-refractivity contribution in [2.24, 2.45) is 0 Å². The smallest absolute Gasteiger partial charge is 0.270 e. The Hall–Kier alpha value is -2.04. The maximum absolute atomic E-state index is 12.8. The highest BCUT2D eigenvalue weighted by atomic mass is 35.5. The Kier molecular flexibility index (Phi) is 6.17. The number of ether oxygens (including phenoxy) is 1. The second kappa shape index (κ2) is 8.56. The van der Waals surface area contributed by atoms with Crippen LogP contribution in [0.2, 0.25) is 5.02 Å². The largest absolute Gasteiger partial charge is 0.478 e. The van der Waals surface area contributed by atoms with Gasteiger partial charge < -0.3 is 15.0 Å². The van der Waals surface area contributed by atoms with Crippen LogP contribution < -0.4 is 15.0 Å². The Bertz CT molecular complexity index is 748. The molecule has 0 bridgehead atoms. The van der Waals surface area contributed by atoms with Gasteiger partial charge in [-0.25, -0.2) is 0 Å². The van der Waals surface area contributed by atoms with Crippen molar-refractivity contribution in [3.8, 4) is 5.75 Å². The molecule has 1 fully saturated rings. The van der Waals surface area contributed by atoms with Crippen molar-refractivity contribution in [2.75, 3.05) is 18.0 Å². The number of rotatable bonds is 8. The minimum Gasteiger partial charge on any atom is -0.478 e. The number of nitrogens with zero attached hydrogens (tertiary/aromatic N) is 1. The number of β-lactam (4-membered cyclic amide) rings is 1. The van der Waals surface area contributed by atoms with Gasteiger partial charge in [0, 0.05) is 17.3 Å². The highest BCUT2D eigenvalue weighted by molar-refractivity contribution is 6.30. The predicted octanol–water partition coefficient (Wildman–Crippen LogP) is 4.20. The van der Waals surface area contributed by atoms with Crippen LogP contribution in [-0.2, 0) is 4.79 Å². The number of aryl methyl sites for hydroxylation is 1. The second-order valence-electron chi connectivity index (χ2n) is 6.61. The van der Waals surface area contributed by atoms with Gasteiger partial charge in [-0.2, -0.15) is 0 Å². The first-order valence-corrected chi connectivity index (χ1v) is 9.51. The van der Waals surface area contributed by atoms with Crippen LogP contribution >= 0.6 is 11.6 Å². The first kappa shape index (κ1) is 18.7. The molecular formula is C21H25ClN2O2. The van der Waals surface area contributed by atoms with Crippen LogP contribution in [0.5, 0.6) is 5.75 Å². The van der Waals surface area contributed by atoms with Gasteiger partial charge in [0.05, 0.1) is 6.04 Å². The van der Waals surface area contributed by atoms with Gasteiger partial charge >= 0.3 is 0 Å². The molecule has 3 rings (SSSR count). The van der Waals surface area contributed by atoms with Crippen molar-refractivity contribution >= 4 is 23.2 Å². The molecule has 0 spiro atoms. The Morgan fingerprint density at radius 2 is 1.88 bits per heavy atom. The number of carbonyl (C=O) groups is 1. The third-order valence-corrected chi connectivity index (χ3v) is 4.93.